The van der Waals surface area contributed by atoms with Crippen LogP contribution < -0.4 is 0 Å². The molecule has 1 aromatic carbocycles. The Hall–Kier alpha value is -1.64. The SMILES string of the molecule is Cc1ccc2c(c1)CCN1C(=O)CC(=O)C21. The summed E-state index contributed by atoms with van der Waals surface area (Å²) in [5.74, 6) is 0.0380. The van der Waals surface area contributed by atoms with E-state index < -0.39 is 0 Å². The van der Waals surface area contributed by atoms with Crippen molar-refractivity contribution in [2.75, 3.05) is 6.54 Å². The molecule has 1 fully saturated rings. The average molecular weight is 215 g/mol. The fourth-order valence-electron chi connectivity index (χ4n) is 2.72. The van der Waals surface area contributed by atoms with Crippen LogP contribution in [0.4, 0.5) is 0 Å². The molecule has 1 unspecified atom stereocenters. The van der Waals surface area contributed by atoms with Crippen molar-refractivity contribution in [1.29, 1.82) is 0 Å². The summed E-state index contributed by atoms with van der Waals surface area (Å²) in [5.41, 5.74) is 3.47. The number of benzene rings is 1. The van der Waals surface area contributed by atoms with Gasteiger partial charge >= 0.3 is 0 Å². The molecule has 1 amide bonds. The van der Waals surface area contributed by atoms with Crippen molar-refractivity contribution in [2.45, 2.75) is 25.8 Å². The van der Waals surface area contributed by atoms with Crippen LogP contribution in [0.2, 0.25) is 0 Å². The molecule has 1 saturated heterocycles. The summed E-state index contributed by atoms with van der Waals surface area (Å²) < 4.78 is 0. The summed E-state index contributed by atoms with van der Waals surface area (Å²) in [6.45, 7) is 2.74. The summed E-state index contributed by atoms with van der Waals surface area (Å²) in [6.07, 6.45) is 0.949. The van der Waals surface area contributed by atoms with Crippen molar-refractivity contribution in [3.8, 4) is 0 Å². The monoisotopic (exact) mass is 215 g/mol. The van der Waals surface area contributed by atoms with Crippen LogP contribution in [-0.4, -0.2) is 23.1 Å². The first-order valence-corrected chi connectivity index (χ1v) is 5.58. The molecule has 0 saturated carbocycles. The van der Waals surface area contributed by atoms with E-state index in [0.717, 1.165) is 12.0 Å². The molecule has 2 aliphatic rings. The molecule has 2 aliphatic heterocycles. The Morgan fingerprint density at radius 2 is 2.12 bits per heavy atom. The van der Waals surface area contributed by atoms with Gasteiger partial charge in [0.25, 0.3) is 0 Å². The second kappa shape index (κ2) is 3.17. The number of rotatable bonds is 0. The number of ketones is 1. The zero-order valence-electron chi connectivity index (χ0n) is 9.19. The van der Waals surface area contributed by atoms with Crippen molar-refractivity contribution in [3.63, 3.8) is 0 Å². The number of carbonyl (C=O) groups is 2. The molecule has 0 N–H and O–H groups in total. The van der Waals surface area contributed by atoms with E-state index in [1.807, 2.05) is 19.1 Å². The number of amides is 1. The lowest BCUT2D eigenvalue weighted by atomic mass is 9.91. The third-order valence-corrected chi connectivity index (χ3v) is 3.48. The van der Waals surface area contributed by atoms with E-state index in [1.54, 1.807) is 4.90 Å². The van der Waals surface area contributed by atoms with E-state index in [-0.39, 0.29) is 24.2 Å². The second-order valence-corrected chi connectivity index (χ2v) is 4.59. The Balaban J connectivity index is 2.12. The number of Topliss-reactive ketones (excluding diaryl/α,β-unsaturated/α-hetero) is 1. The molecular weight excluding hydrogens is 202 g/mol. The minimum atomic E-state index is -0.295. The number of fused-ring (bicyclic) bond motifs is 3. The number of aryl methyl sites for hydroxylation is 1. The number of carbonyl (C=O) groups excluding carboxylic acids is 2. The van der Waals surface area contributed by atoms with E-state index in [0.29, 0.717) is 6.54 Å². The van der Waals surface area contributed by atoms with Gasteiger partial charge in [-0.3, -0.25) is 9.59 Å². The van der Waals surface area contributed by atoms with Crippen molar-refractivity contribution in [3.05, 3.63) is 34.9 Å². The van der Waals surface area contributed by atoms with Gasteiger partial charge in [0, 0.05) is 6.54 Å². The Morgan fingerprint density at radius 3 is 2.94 bits per heavy atom. The standard InChI is InChI=1S/C13H13NO2/c1-8-2-3-10-9(6-8)4-5-14-12(16)7-11(15)13(10)14/h2-3,6,13H,4-5,7H2,1H3. The maximum Gasteiger partial charge on any atom is 0.231 e. The van der Waals surface area contributed by atoms with Gasteiger partial charge in [-0.25, -0.2) is 0 Å². The molecule has 0 aliphatic carbocycles. The molecule has 0 aromatic heterocycles. The van der Waals surface area contributed by atoms with Crippen LogP contribution in [0.25, 0.3) is 0 Å². The molecule has 16 heavy (non-hydrogen) atoms. The first kappa shape index (κ1) is 9.58. The lowest BCUT2D eigenvalue weighted by molar-refractivity contribution is -0.129. The van der Waals surface area contributed by atoms with Gasteiger partial charge in [0.2, 0.25) is 5.91 Å². The number of hydrogen-bond acceptors (Lipinski definition) is 2. The number of nitrogens with zero attached hydrogens (tertiary/aromatic N) is 1. The van der Waals surface area contributed by atoms with E-state index in [4.69, 9.17) is 0 Å². The van der Waals surface area contributed by atoms with Crippen molar-refractivity contribution >= 4 is 11.7 Å². The highest BCUT2D eigenvalue weighted by atomic mass is 16.2. The predicted octanol–water partition coefficient (Wildman–Crippen LogP) is 1.39. The minimum absolute atomic E-state index is 0.0128. The first-order chi connectivity index (χ1) is 7.66. The number of hydrogen-bond donors (Lipinski definition) is 0. The first-order valence-electron chi connectivity index (χ1n) is 5.58. The Labute approximate surface area is 94.1 Å². The maximum atomic E-state index is 11.8. The zero-order chi connectivity index (χ0) is 11.3. The van der Waals surface area contributed by atoms with Gasteiger partial charge in [-0.2, -0.15) is 0 Å². The summed E-state index contributed by atoms with van der Waals surface area (Å²) in [5, 5.41) is 0. The molecule has 1 atom stereocenters. The summed E-state index contributed by atoms with van der Waals surface area (Å²) in [6, 6.07) is 5.84. The van der Waals surface area contributed by atoms with Gasteiger partial charge in [-0.05, 0) is 24.5 Å². The smallest absolute Gasteiger partial charge is 0.231 e. The highest BCUT2D eigenvalue weighted by molar-refractivity contribution is 6.08. The molecule has 3 heteroatoms. The molecule has 3 rings (SSSR count). The van der Waals surface area contributed by atoms with Gasteiger partial charge in [-0.1, -0.05) is 23.8 Å². The van der Waals surface area contributed by atoms with Crippen LogP contribution in [0, 0.1) is 6.92 Å². The van der Waals surface area contributed by atoms with E-state index in [2.05, 4.69) is 6.07 Å². The van der Waals surface area contributed by atoms with Crippen LogP contribution >= 0.6 is 0 Å². The summed E-state index contributed by atoms with van der Waals surface area (Å²) in [7, 11) is 0. The van der Waals surface area contributed by atoms with Gasteiger partial charge < -0.3 is 4.90 Å². The fourth-order valence-corrected chi connectivity index (χ4v) is 2.72. The van der Waals surface area contributed by atoms with Crippen LogP contribution in [0.5, 0.6) is 0 Å². The third-order valence-electron chi connectivity index (χ3n) is 3.48. The summed E-state index contributed by atoms with van der Waals surface area (Å²) >= 11 is 0. The Morgan fingerprint density at radius 1 is 1.31 bits per heavy atom. The molecule has 0 spiro atoms. The van der Waals surface area contributed by atoms with Crippen molar-refractivity contribution in [2.24, 2.45) is 0 Å². The lowest BCUT2D eigenvalue weighted by Gasteiger charge is -2.31. The maximum absolute atomic E-state index is 11.8. The van der Waals surface area contributed by atoms with Gasteiger partial charge in [0.05, 0.1) is 6.42 Å². The van der Waals surface area contributed by atoms with Gasteiger partial charge in [0.1, 0.15) is 6.04 Å². The van der Waals surface area contributed by atoms with Crippen LogP contribution in [0.3, 0.4) is 0 Å². The molecule has 1 aromatic rings. The average Bonchev–Trinajstić information content (AvgIpc) is 2.54. The molecule has 3 nitrogen and oxygen atoms in total. The largest absolute Gasteiger partial charge is 0.328 e. The van der Waals surface area contributed by atoms with Crippen LogP contribution in [0.15, 0.2) is 18.2 Å². The van der Waals surface area contributed by atoms with E-state index in [9.17, 15) is 9.59 Å². The lowest BCUT2D eigenvalue weighted by Crippen LogP contribution is -2.35. The van der Waals surface area contributed by atoms with Crippen LogP contribution in [0.1, 0.15) is 29.2 Å². The van der Waals surface area contributed by atoms with Crippen LogP contribution in [-0.2, 0) is 16.0 Å². The van der Waals surface area contributed by atoms with Gasteiger partial charge in [0.15, 0.2) is 5.78 Å². The molecule has 0 bridgehead atoms. The normalized spacial score (nSPS) is 23.3. The fraction of sp³-hybridized carbons (Fsp3) is 0.385. The predicted molar refractivity (Wildman–Crippen MR) is 59.0 cm³/mol. The van der Waals surface area contributed by atoms with Crippen molar-refractivity contribution in [1.82, 2.24) is 4.90 Å². The second-order valence-electron chi connectivity index (χ2n) is 4.59. The minimum Gasteiger partial charge on any atom is -0.328 e. The molecular formula is C13H13NO2. The van der Waals surface area contributed by atoms with Gasteiger partial charge in [-0.15, -0.1) is 0 Å². The molecule has 0 radical (unpaired) electrons. The summed E-state index contributed by atoms with van der Waals surface area (Å²) in [4.78, 5) is 25.1. The molecule has 2 heterocycles. The topological polar surface area (TPSA) is 37.4 Å². The van der Waals surface area contributed by atoms with E-state index in [1.165, 1.54) is 11.1 Å². The Kier molecular flexibility index (Phi) is 1.90. The highest BCUT2D eigenvalue weighted by Crippen LogP contribution is 2.36. The quantitative estimate of drug-likeness (QED) is 0.613. The molecule has 82 valence electrons. The van der Waals surface area contributed by atoms with E-state index >= 15 is 0 Å². The Bertz CT molecular complexity index is 493. The zero-order valence-corrected chi connectivity index (χ0v) is 9.19. The highest BCUT2D eigenvalue weighted by Gasteiger charge is 2.42. The third kappa shape index (κ3) is 1.21. The van der Waals surface area contributed by atoms with Crippen molar-refractivity contribution < 1.29 is 9.59 Å².